The predicted octanol–water partition coefficient (Wildman–Crippen LogP) is 3.96. The summed E-state index contributed by atoms with van der Waals surface area (Å²) in [4.78, 5) is 15.4. The molecule has 7 nitrogen and oxygen atoms in total. The lowest BCUT2D eigenvalue weighted by Crippen LogP contribution is -2.37. The molecule has 3 aliphatic rings. The maximum Gasteiger partial charge on any atom is 0.232 e. The lowest BCUT2D eigenvalue weighted by atomic mass is 9.98. The van der Waals surface area contributed by atoms with Gasteiger partial charge in [-0.2, -0.15) is 0 Å². The van der Waals surface area contributed by atoms with E-state index in [0.29, 0.717) is 41.8 Å². The highest BCUT2D eigenvalue weighted by Gasteiger charge is 2.36. The number of aryl methyl sites for hydroxylation is 1. The molecule has 168 valence electrons. The molecule has 0 saturated carbocycles. The summed E-state index contributed by atoms with van der Waals surface area (Å²) in [5.41, 5.74) is 3.17. The van der Waals surface area contributed by atoms with Gasteiger partial charge in [-0.15, -0.1) is 0 Å². The van der Waals surface area contributed by atoms with Gasteiger partial charge in [-0.05, 0) is 55.2 Å². The Labute approximate surface area is 187 Å². The van der Waals surface area contributed by atoms with Crippen molar-refractivity contribution in [3.63, 3.8) is 0 Å². The molecule has 32 heavy (non-hydrogen) atoms. The quantitative estimate of drug-likeness (QED) is 0.656. The number of hydrogen-bond acceptors (Lipinski definition) is 7. The molecule has 0 radical (unpaired) electrons. The first kappa shape index (κ1) is 20.8. The molecule has 3 aliphatic heterocycles. The Bertz CT molecular complexity index is 1090. The van der Waals surface area contributed by atoms with Crippen molar-refractivity contribution in [1.82, 2.24) is 4.90 Å². The third-order valence-electron chi connectivity index (χ3n) is 6.18. The van der Waals surface area contributed by atoms with Crippen LogP contribution in [-0.4, -0.2) is 50.9 Å². The van der Waals surface area contributed by atoms with Crippen molar-refractivity contribution >= 4 is 11.9 Å². The summed E-state index contributed by atoms with van der Waals surface area (Å²) in [6.07, 6.45) is 4.15. The van der Waals surface area contributed by atoms with Crippen LogP contribution in [-0.2, 0) is 11.3 Å². The van der Waals surface area contributed by atoms with Crippen LogP contribution in [0.5, 0.6) is 23.0 Å². The molecule has 0 N–H and O–H groups in total. The van der Waals surface area contributed by atoms with E-state index in [0.717, 1.165) is 48.4 Å². The Morgan fingerprint density at radius 1 is 1.19 bits per heavy atom. The fourth-order valence-electron chi connectivity index (χ4n) is 4.56. The third-order valence-corrected chi connectivity index (χ3v) is 6.18. The maximum absolute atomic E-state index is 13.2. The second kappa shape index (κ2) is 8.48. The average molecular weight is 437 g/mol. The van der Waals surface area contributed by atoms with E-state index >= 15 is 0 Å². The number of fused-ring (bicyclic) bond motifs is 3. The lowest BCUT2D eigenvalue weighted by molar-refractivity contribution is 0.0273. The molecule has 7 heteroatoms. The van der Waals surface area contributed by atoms with Crippen LogP contribution in [0.1, 0.15) is 39.9 Å². The van der Waals surface area contributed by atoms with E-state index in [9.17, 15) is 4.79 Å². The second-order valence-corrected chi connectivity index (χ2v) is 8.35. The number of Topliss-reactive ketones (excluding diaryl/α,β-unsaturated/α-hetero) is 1. The van der Waals surface area contributed by atoms with Gasteiger partial charge >= 0.3 is 0 Å². The van der Waals surface area contributed by atoms with Crippen molar-refractivity contribution in [3.05, 3.63) is 52.3 Å². The van der Waals surface area contributed by atoms with Crippen molar-refractivity contribution in [2.24, 2.45) is 0 Å². The first-order valence-electron chi connectivity index (χ1n) is 10.9. The van der Waals surface area contributed by atoms with Gasteiger partial charge < -0.3 is 23.7 Å². The summed E-state index contributed by atoms with van der Waals surface area (Å²) in [6.45, 7) is 4.72. The van der Waals surface area contributed by atoms with Crippen LogP contribution in [0.15, 0.2) is 30.0 Å². The number of allylic oxidation sites excluding steroid dienone is 1. The fourth-order valence-corrected chi connectivity index (χ4v) is 4.56. The van der Waals surface area contributed by atoms with Crippen LogP contribution in [0, 0.1) is 6.92 Å². The van der Waals surface area contributed by atoms with Crippen LogP contribution in [0.2, 0.25) is 0 Å². The molecule has 0 amide bonds. The number of rotatable bonds is 5. The van der Waals surface area contributed by atoms with Gasteiger partial charge in [-0.1, -0.05) is 6.07 Å². The van der Waals surface area contributed by atoms with Crippen LogP contribution in [0.4, 0.5) is 0 Å². The van der Waals surface area contributed by atoms with Crippen molar-refractivity contribution in [3.8, 4) is 23.0 Å². The number of ether oxygens (including phenoxy) is 5. The van der Waals surface area contributed by atoms with Gasteiger partial charge in [0.1, 0.15) is 18.2 Å². The first-order valence-corrected chi connectivity index (χ1v) is 10.9. The van der Waals surface area contributed by atoms with E-state index < -0.39 is 0 Å². The lowest BCUT2D eigenvalue weighted by Gasteiger charge is -2.31. The minimum atomic E-state index is -0.119. The van der Waals surface area contributed by atoms with Crippen LogP contribution in [0.3, 0.4) is 0 Å². The van der Waals surface area contributed by atoms with Gasteiger partial charge in [0.25, 0.3) is 0 Å². The van der Waals surface area contributed by atoms with E-state index in [1.54, 1.807) is 20.3 Å². The van der Waals surface area contributed by atoms with Gasteiger partial charge in [0.05, 0.1) is 31.5 Å². The minimum Gasteiger partial charge on any atom is -0.493 e. The van der Waals surface area contributed by atoms with Crippen LogP contribution in [0.25, 0.3) is 6.08 Å². The number of nitrogens with zero attached hydrogens (tertiary/aromatic N) is 1. The Hall–Kier alpha value is -3.03. The SMILES string of the molecule is COc1ccc(C=C2Oc3c4c(cc(C)c3C2=O)OCN(C[C@@H]2CCCO2)C4)cc1OC. The summed E-state index contributed by atoms with van der Waals surface area (Å²) >= 11 is 0. The predicted molar refractivity (Wildman–Crippen MR) is 119 cm³/mol. The highest BCUT2D eigenvalue weighted by Crippen LogP contribution is 2.44. The zero-order valence-electron chi connectivity index (χ0n) is 18.6. The highest BCUT2D eigenvalue weighted by atomic mass is 16.5. The molecule has 2 aromatic carbocycles. The third kappa shape index (κ3) is 3.72. The number of benzene rings is 2. The van der Waals surface area contributed by atoms with E-state index in [-0.39, 0.29) is 11.9 Å². The van der Waals surface area contributed by atoms with Gasteiger partial charge in [0.2, 0.25) is 5.78 Å². The first-order chi connectivity index (χ1) is 15.6. The molecule has 3 heterocycles. The van der Waals surface area contributed by atoms with Gasteiger partial charge in [0.15, 0.2) is 17.3 Å². The summed E-state index contributed by atoms with van der Waals surface area (Å²) in [5, 5.41) is 0. The Morgan fingerprint density at radius 3 is 2.78 bits per heavy atom. The smallest absolute Gasteiger partial charge is 0.232 e. The maximum atomic E-state index is 13.2. The largest absolute Gasteiger partial charge is 0.493 e. The standard InChI is InChI=1S/C25H27NO6/c1-15-9-20-18(13-26(14-31-20)12-17-5-4-8-30-17)25-23(15)24(27)22(32-25)11-16-6-7-19(28-2)21(10-16)29-3/h6-7,9-11,17H,4-5,8,12-14H2,1-3H3/t17-/m0/s1. The molecule has 1 atom stereocenters. The van der Waals surface area contributed by atoms with E-state index in [1.807, 2.05) is 31.2 Å². The average Bonchev–Trinajstić information content (AvgIpc) is 3.42. The molecule has 5 rings (SSSR count). The number of carbonyl (C=O) groups excluding carboxylic acids is 1. The van der Waals surface area contributed by atoms with Crippen LogP contribution < -0.4 is 18.9 Å². The zero-order chi connectivity index (χ0) is 22.2. The summed E-state index contributed by atoms with van der Waals surface area (Å²) in [6, 6.07) is 7.43. The molecular weight excluding hydrogens is 410 g/mol. The molecule has 0 bridgehead atoms. The van der Waals surface area contributed by atoms with Crippen molar-refractivity contribution in [2.45, 2.75) is 32.4 Å². The Morgan fingerprint density at radius 2 is 2.03 bits per heavy atom. The van der Waals surface area contributed by atoms with Crippen molar-refractivity contribution < 1.29 is 28.5 Å². The molecule has 2 aromatic rings. The number of hydrogen-bond donors (Lipinski definition) is 0. The summed E-state index contributed by atoms with van der Waals surface area (Å²) in [5.74, 6) is 2.78. The Balaban J connectivity index is 1.44. The topological polar surface area (TPSA) is 66.5 Å². The van der Waals surface area contributed by atoms with Crippen molar-refractivity contribution in [2.75, 3.05) is 34.1 Å². The van der Waals surface area contributed by atoms with E-state index in [2.05, 4.69) is 4.90 Å². The zero-order valence-corrected chi connectivity index (χ0v) is 18.6. The Kier molecular flexibility index (Phi) is 5.53. The van der Waals surface area contributed by atoms with E-state index in [4.69, 9.17) is 23.7 Å². The number of carbonyl (C=O) groups is 1. The highest BCUT2D eigenvalue weighted by molar-refractivity contribution is 6.15. The monoisotopic (exact) mass is 437 g/mol. The summed E-state index contributed by atoms with van der Waals surface area (Å²) in [7, 11) is 3.17. The molecule has 0 aromatic heterocycles. The van der Waals surface area contributed by atoms with E-state index in [1.165, 1.54) is 0 Å². The molecule has 0 aliphatic carbocycles. The van der Waals surface area contributed by atoms with Gasteiger partial charge in [-0.25, -0.2) is 0 Å². The van der Waals surface area contributed by atoms with Gasteiger partial charge in [-0.3, -0.25) is 9.69 Å². The normalized spacial score (nSPS) is 21.2. The molecule has 0 spiro atoms. The van der Waals surface area contributed by atoms with Crippen LogP contribution >= 0.6 is 0 Å². The van der Waals surface area contributed by atoms with Gasteiger partial charge in [0, 0.05) is 19.7 Å². The molecule has 0 unspecified atom stereocenters. The molecule has 1 fully saturated rings. The molecule has 1 saturated heterocycles. The summed E-state index contributed by atoms with van der Waals surface area (Å²) < 4.78 is 28.6. The fraction of sp³-hybridized carbons (Fsp3) is 0.400. The van der Waals surface area contributed by atoms with Crippen molar-refractivity contribution in [1.29, 1.82) is 0 Å². The molecular formula is C25H27NO6. The second-order valence-electron chi connectivity index (χ2n) is 8.35. The minimum absolute atomic E-state index is 0.119. The number of methoxy groups -OCH3 is 2. The number of ketones is 1.